The van der Waals surface area contributed by atoms with Gasteiger partial charge in [-0.05, 0) is 24.9 Å². The molecule has 6 nitrogen and oxygen atoms in total. The third-order valence-electron chi connectivity index (χ3n) is 4.04. The largest absolute Gasteiger partial charge is 1.00 e. The van der Waals surface area contributed by atoms with Gasteiger partial charge < -0.3 is 9.90 Å². The van der Waals surface area contributed by atoms with Crippen molar-refractivity contribution in [2.24, 2.45) is 0 Å². The number of aliphatic carboxylic acids is 1. The van der Waals surface area contributed by atoms with Crippen molar-refractivity contribution in [3.63, 3.8) is 0 Å². The molecule has 7 heteroatoms. The average Bonchev–Trinajstić information content (AvgIpc) is 3.03. The number of carboxylic acids is 1. The molecule has 0 amide bonds. The van der Waals surface area contributed by atoms with Gasteiger partial charge in [-0.15, -0.1) is 0 Å². The SMILES string of the molecule is O=C([O-])C1(n2cncn2)CCCN(Cc2ccccc2)C1.[Li+]. The first kappa shape index (κ1) is 16.8. The molecule has 1 aromatic carbocycles. The maximum atomic E-state index is 11.7. The fourth-order valence-electron chi connectivity index (χ4n) is 2.98. The van der Waals surface area contributed by atoms with E-state index < -0.39 is 11.5 Å². The Bertz CT molecular complexity index is 605. The van der Waals surface area contributed by atoms with Crippen molar-refractivity contribution in [1.29, 1.82) is 0 Å². The average molecular weight is 292 g/mol. The Morgan fingerprint density at radius 3 is 2.73 bits per heavy atom. The van der Waals surface area contributed by atoms with E-state index in [-0.39, 0.29) is 18.9 Å². The second-order valence-electron chi connectivity index (χ2n) is 5.46. The number of nitrogens with zero attached hydrogens (tertiary/aromatic N) is 4. The van der Waals surface area contributed by atoms with E-state index in [0.717, 1.165) is 19.5 Å². The third kappa shape index (κ3) is 3.25. The van der Waals surface area contributed by atoms with Gasteiger partial charge in [-0.25, -0.2) is 9.67 Å². The van der Waals surface area contributed by atoms with Crippen LogP contribution in [-0.2, 0) is 16.9 Å². The predicted molar refractivity (Wildman–Crippen MR) is 74.0 cm³/mol. The van der Waals surface area contributed by atoms with Crippen LogP contribution in [0.4, 0.5) is 0 Å². The monoisotopic (exact) mass is 292 g/mol. The first-order chi connectivity index (χ1) is 10.2. The van der Waals surface area contributed by atoms with Crippen LogP contribution in [0, 0.1) is 0 Å². The molecule has 1 aromatic heterocycles. The van der Waals surface area contributed by atoms with Crippen LogP contribution in [0.15, 0.2) is 43.0 Å². The number of carbonyl (C=O) groups excluding carboxylic acids is 1. The number of carbonyl (C=O) groups is 1. The van der Waals surface area contributed by atoms with Gasteiger partial charge in [0, 0.05) is 13.1 Å². The summed E-state index contributed by atoms with van der Waals surface area (Å²) in [6.07, 6.45) is 4.13. The van der Waals surface area contributed by atoms with Gasteiger partial charge in [-0.2, -0.15) is 5.10 Å². The third-order valence-corrected chi connectivity index (χ3v) is 4.04. The molecule has 3 rings (SSSR count). The Morgan fingerprint density at radius 2 is 2.09 bits per heavy atom. The van der Waals surface area contributed by atoms with E-state index in [1.807, 2.05) is 30.3 Å². The molecule has 0 radical (unpaired) electrons. The summed E-state index contributed by atoms with van der Waals surface area (Å²) in [5.41, 5.74) is 0.0500. The molecule has 1 atom stereocenters. The van der Waals surface area contributed by atoms with Gasteiger partial charge in [0.2, 0.25) is 0 Å². The second-order valence-corrected chi connectivity index (χ2v) is 5.46. The molecule has 0 bridgehead atoms. The molecule has 0 spiro atoms. The zero-order valence-corrected chi connectivity index (χ0v) is 12.7. The predicted octanol–water partition coefficient (Wildman–Crippen LogP) is -2.98. The zero-order chi connectivity index (χ0) is 14.7. The smallest absolute Gasteiger partial charge is 0.547 e. The van der Waals surface area contributed by atoms with Gasteiger partial charge in [-0.3, -0.25) is 4.90 Å². The van der Waals surface area contributed by atoms with Crippen LogP contribution in [-0.4, -0.2) is 38.7 Å². The first-order valence-corrected chi connectivity index (χ1v) is 7.03. The van der Waals surface area contributed by atoms with Gasteiger partial charge >= 0.3 is 18.9 Å². The van der Waals surface area contributed by atoms with Crippen molar-refractivity contribution < 1.29 is 28.8 Å². The Labute approximate surface area is 141 Å². The van der Waals surface area contributed by atoms with Crippen LogP contribution in [0.25, 0.3) is 0 Å². The number of hydrogen-bond acceptors (Lipinski definition) is 5. The molecule has 1 unspecified atom stereocenters. The zero-order valence-electron chi connectivity index (χ0n) is 12.7. The summed E-state index contributed by atoms with van der Waals surface area (Å²) in [5, 5.41) is 15.8. The molecule has 0 aliphatic carbocycles. The number of benzene rings is 1. The van der Waals surface area contributed by atoms with Gasteiger partial charge in [-0.1, -0.05) is 30.3 Å². The summed E-state index contributed by atoms with van der Waals surface area (Å²) in [7, 11) is 0. The van der Waals surface area contributed by atoms with Gasteiger partial charge in [0.1, 0.15) is 18.2 Å². The molecular weight excluding hydrogens is 275 g/mol. The quantitative estimate of drug-likeness (QED) is 0.562. The number of aromatic nitrogens is 3. The maximum absolute atomic E-state index is 11.7. The van der Waals surface area contributed by atoms with Crippen molar-refractivity contribution in [3.05, 3.63) is 48.5 Å². The molecule has 110 valence electrons. The molecule has 0 saturated carbocycles. The summed E-state index contributed by atoms with van der Waals surface area (Å²) in [5.74, 6) is -1.09. The number of likely N-dealkylation sites (tertiary alicyclic amines) is 1. The van der Waals surface area contributed by atoms with E-state index in [0.29, 0.717) is 13.0 Å². The van der Waals surface area contributed by atoms with E-state index in [4.69, 9.17) is 0 Å². The molecule has 2 aromatic rings. The molecule has 1 saturated heterocycles. The van der Waals surface area contributed by atoms with Crippen LogP contribution in [0.2, 0.25) is 0 Å². The number of piperidine rings is 1. The van der Waals surface area contributed by atoms with Gasteiger partial charge in [0.05, 0.1) is 5.97 Å². The molecule has 0 N–H and O–H groups in total. The normalized spacial score (nSPS) is 22.0. The minimum Gasteiger partial charge on any atom is -0.547 e. The Kier molecular flexibility index (Phi) is 5.41. The van der Waals surface area contributed by atoms with Crippen LogP contribution < -0.4 is 24.0 Å². The van der Waals surface area contributed by atoms with Crippen LogP contribution >= 0.6 is 0 Å². The van der Waals surface area contributed by atoms with E-state index in [1.165, 1.54) is 22.9 Å². The summed E-state index contributed by atoms with van der Waals surface area (Å²) >= 11 is 0. The fourth-order valence-corrected chi connectivity index (χ4v) is 2.98. The molecule has 1 fully saturated rings. The van der Waals surface area contributed by atoms with Crippen LogP contribution in [0.5, 0.6) is 0 Å². The molecular formula is C15H17LiN4O2. The van der Waals surface area contributed by atoms with Crippen LogP contribution in [0.1, 0.15) is 18.4 Å². The molecule has 1 aliphatic rings. The standard InChI is InChI=1S/C15H18N4O2.Li/c20-14(21)15(19-12-16-11-17-19)7-4-8-18(10-15)9-13-5-2-1-3-6-13;/h1-3,5-6,11-12H,4,7-10H2,(H,20,21);/q;+1/p-1. The topological polar surface area (TPSA) is 74.1 Å². The summed E-state index contributed by atoms with van der Waals surface area (Å²) < 4.78 is 1.43. The minimum absolute atomic E-state index is 0. The molecule has 1 aliphatic heterocycles. The minimum atomic E-state index is -1.12. The summed E-state index contributed by atoms with van der Waals surface area (Å²) in [6.45, 7) is 1.98. The van der Waals surface area contributed by atoms with Crippen LogP contribution in [0.3, 0.4) is 0 Å². The summed E-state index contributed by atoms with van der Waals surface area (Å²) in [4.78, 5) is 17.8. The number of hydrogen-bond donors (Lipinski definition) is 0. The molecule has 22 heavy (non-hydrogen) atoms. The Balaban J connectivity index is 0.00000176. The summed E-state index contributed by atoms with van der Waals surface area (Å²) in [6, 6.07) is 10.0. The Hall–Kier alpha value is -1.61. The van der Waals surface area contributed by atoms with Crippen molar-refractivity contribution >= 4 is 5.97 Å². The van der Waals surface area contributed by atoms with E-state index >= 15 is 0 Å². The number of carboxylic acid groups (broad SMARTS) is 1. The number of rotatable bonds is 4. The molecule has 2 heterocycles. The van der Waals surface area contributed by atoms with E-state index in [1.54, 1.807) is 0 Å². The first-order valence-electron chi connectivity index (χ1n) is 7.03. The second kappa shape index (κ2) is 7.10. The van der Waals surface area contributed by atoms with Crippen molar-refractivity contribution in [2.75, 3.05) is 13.1 Å². The van der Waals surface area contributed by atoms with Crippen molar-refractivity contribution in [3.8, 4) is 0 Å². The fraction of sp³-hybridized carbons (Fsp3) is 0.400. The Morgan fingerprint density at radius 1 is 1.32 bits per heavy atom. The maximum Gasteiger partial charge on any atom is 1.00 e. The van der Waals surface area contributed by atoms with Crippen molar-refractivity contribution in [1.82, 2.24) is 19.7 Å². The van der Waals surface area contributed by atoms with Gasteiger partial charge in [0.15, 0.2) is 0 Å². The van der Waals surface area contributed by atoms with E-state index in [2.05, 4.69) is 15.0 Å². The van der Waals surface area contributed by atoms with Gasteiger partial charge in [0.25, 0.3) is 0 Å². The van der Waals surface area contributed by atoms with Crippen molar-refractivity contribution in [2.45, 2.75) is 24.9 Å². The van der Waals surface area contributed by atoms with E-state index in [9.17, 15) is 9.90 Å².